The first-order chi connectivity index (χ1) is 9.89. The summed E-state index contributed by atoms with van der Waals surface area (Å²) in [5, 5.41) is 14.4. The zero-order chi connectivity index (χ0) is 15.9. The number of nitrogens with two attached hydrogens (primary N) is 1. The van der Waals surface area contributed by atoms with Crippen molar-refractivity contribution in [1.29, 1.82) is 0 Å². The Morgan fingerprint density at radius 1 is 1.48 bits per heavy atom. The third-order valence-corrected chi connectivity index (χ3v) is 4.18. The maximum Gasteiger partial charge on any atom is 0.228 e. The van der Waals surface area contributed by atoms with Gasteiger partial charge in [0.15, 0.2) is 0 Å². The molecule has 0 unspecified atom stereocenters. The molecule has 0 atom stereocenters. The molecule has 1 saturated heterocycles. The minimum atomic E-state index is -0.461. The first-order valence-electron chi connectivity index (χ1n) is 7.80. The molecule has 0 aromatic heterocycles. The molecule has 2 rings (SSSR count). The van der Waals surface area contributed by atoms with Crippen molar-refractivity contribution in [2.45, 2.75) is 52.0 Å². The van der Waals surface area contributed by atoms with Crippen LogP contribution in [-0.4, -0.2) is 42.7 Å². The van der Waals surface area contributed by atoms with Crippen LogP contribution in [0.1, 0.15) is 46.0 Å². The number of hydrogen-bond donors (Lipinski definition) is 4. The summed E-state index contributed by atoms with van der Waals surface area (Å²) in [7, 11) is 0. The number of hydrogen-bond acceptors (Lipinski definition) is 4. The van der Waals surface area contributed by atoms with Gasteiger partial charge >= 0.3 is 0 Å². The molecule has 2 fully saturated rings. The Morgan fingerprint density at radius 2 is 2.10 bits per heavy atom. The van der Waals surface area contributed by atoms with Crippen LogP contribution in [0.15, 0.2) is 0 Å². The molecular formula is C15H29N3O3. The lowest BCUT2D eigenvalue weighted by atomic mass is 9.68. The smallest absolute Gasteiger partial charge is 0.228 e. The van der Waals surface area contributed by atoms with Gasteiger partial charge in [0.05, 0.1) is 12.0 Å². The number of amides is 2. The largest absolute Gasteiger partial charge is 0.396 e. The molecule has 21 heavy (non-hydrogen) atoms. The van der Waals surface area contributed by atoms with E-state index in [1.807, 2.05) is 0 Å². The topological polar surface area (TPSA) is 104 Å². The average Bonchev–Trinajstić information content (AvgIpc) is 2.44. The van der Waals surface area contributed by atoms with Gasteiger partial charge in [0.25, 0.3) is 0 Å². The van der Waals surface area contributed by atoms with Gasteiger partial charge in [-0.25, -0.2) is 0 Å². The van der Waals surface area contributed by atoms with Crippen LogP contribution in [0.25, 0.3) is 0 Å². The Kier molecular flexibility index (Phi) is 7.11. The average molecular weight is 299 g/mol. The van der Waals surface area contributed by atoms with E-state index in [0.29, 0.717) is 17.9 Å². The summed E-state index contributed by atoms with van der Waals surface area (Å²) < 4.78 is 0. The van der Waals surface area contributed by atoms with Crippen molar-refractivity contribution >= 4 is 11.8 Å². The molecule has 1 spiro atoms. The van der Waals surface area contributed by atoms with Crippen molar-refractivity contribution in [2.24, 2.45) is 17.1 Å². The number of β-lactam (4-membered cyclic amide) rings is 1. The highest BCUT2D eigenvalue weighted by Crippen LogP contribution is 2.40. The number of carbonyl (C=O) groups is 2. The second-order valence-corrected chi connectivity index (χ2v) is 6.48. The molecule has 0 aromatic carbocycles. The van der Waals surface area contributed by atoms with Crippen molar-refractivity contribution in [2.75, 3.05) is 19.7 Å². The number of carbonyl (C=O) groups excluding carboxylic acids is 2. The molecule has 0 aromatic rings. The monoisotopic (exact) mass is 299 g/mol. The fourth-order valence-electron chi connectivity index (χ4n) is 2.70. The van der Waals surface area contributed by atoms with Crippen molar-refractivity contribution in [3.05, 3.63) is 0 Å². The third kappa shape index (κ3) is 5.63. The van der Waals surface area contributed by atoms with Crippen LogP contribution in [0, 0.1) is 11.3 Å². The van der Waals surface area contributed by atoms with E-state index in [1.165, 1.54) is 12.8 Å². The molecule has 1 heterocycles. The van der Waals surface area contributed by atoms with Gasteiger partial charge in [-0.3, -0.25) is 9.59 Å². The minimum absolute atomic E-state index is 0.0377. The van der Waals surface area contributed by atoms with Crippen LogP contribution in [0.5, 0.6) is 0 Å². The van der Waals surface area contributed by atoms with Crippen LogP contribution in [0.2, 0.25) is 0 Å². The van der Waals surface area contributed by atoms with Crippen LogP contribution < -0.4 is 16.4 Å². The molecule has 1 aliphatic heterocycles. The van der Waals surface area contributed by atoms with E-state index >= 15 is 0 Å². The lowest BCUT2D eigenvalue weighted by Crippen LogP contribution is -2.61. The van der Waals surface area contributed by atoms with Crippen molar-refractivity contribution < 1.29 is 14.7 Å². The highest BCUT2D eigenvalue weighted by Gasteiger charge is 2.47. The molecular weight excluding hydrogens is 270 g/mol. The van der Waals surface area contributed by atoms with Crippen molar-refractivity contribution in [3.8, 4) is 0 Å². The highest BCUT2D eigenvalue weighted by molar-refractivity contribution is 5.88. The van der Waals surface area contributed by atoms with E-state index in [1.54, 1.807) is 0 Å². The summed E-state index contributed by atoms with van der Waals surface area (Å²) in [6.45, 7) is 6.34. The number of aliphatic hydroxyl groups is 1. The number of aliphatic hydroxyl groups excluding tert-OH is 1. The van der Waals surface area contributed by atoms with Gasteiger partial charge in [0.1, 0.15) is 0 Å². The molecule has 5 N–H and O–H groups in total. The molecule has 2 aliphatic rings. The van der Waals surface area contributed by atoms with E-state index in [9.17, 15) is 9.59 Å². The van der Waals surface area contributed by atoms with Crippen LogP contribution >= 0.6 is 0 Å². The summed E-state index contributed by atoms with van der Waals surface area (Å²) >= 11 is 0. The quantitative estimate of drug-likeness (QED) is 0.542. The first-order valence-corrected chi connectivity index (χ1v) is 7.80. The summed E-state index contributed by atoms with van der Waals surface area (Å²) in [4.78, 5) is 21.1. The number of rotatable bonds is 5. The van der Waals surface area contributed by atoms with E-state index in [2.05, 4.69) is 30.2 Å². The Labute approximate surface area is 126 Å². The summed E-state index contributed by atoms with van der Waals surface area (Å²) in [6.07, 6.45) is 4.56. The normalized spacial score (nSPS) is 27.6. The van der Waals surface area contributed by atoms with Gasteiger partial charge in [-0.05, 0) is 38.1 Å². The molecule has 1 aliphatic carbocycles. The lowest BCUT2D eigenvalue weighted by Gasteiger charge is -2.45. The second kappa shape index (κ2) is 8.34. The Hall–Kier alpha value is -1.14. The molecule has 6 nitrogen and oxygen atoms in total. The van der Waals surface area contributed by atoms with Crippen LogP contribution in [0.3, 0.4) is 0 Å². The standard InChI is InChI=1S/C12H22N2O.C3H7NO2/c1-9(2)7-13-10-3-5-12(6-4-10)8-14-11(12)15;4-3(6)1-2-5/h9-10,13H,3-8H2,1-2H3,(H,14,15);5H,1-2H2,(H2,4,6). The zero-order valence-corrected chi connectivity index (χ0v) is 13.2. The van der Waals surface area contributed by atoms with Gasteiger partial charge in [-0.15, -0.1) is 0 Å². The molecule has 0 radical (unpaired) electrons. The van der Waals surface area contributed by atoms with Gasteiger partial charge in [-0.1, -0.05) is 13.8 Å². The molecule has 0 bridgehead atoms. The maximum absolute atomic E-state index is 11.4. The second-order valence-electron chi connectivity index (χ2n) is 6.48. The van der Waals surface area contributed by atoms with E-state index < -0.39 is 5.91 Å². The zero-order valence-electron chi connectivity index (χ0n) is 13.2. The van der Waals surface area contributed by atoms with Gasteiger partial charge < -0.3 is 21.5 Å². The molecule has 122 valence electrons. The predicted molar refractivity (Wildman–Crippen MR) is 81.4 cm³/mol. The Balaban J connectivity index is 0.000000315. The number of nitrogens with one attached hydrogen (secondary N) is 2. The molecule has 2 amide bonds. The van der Waals surface area contributed by atoms with E-state index in [0.717, 1.165) is 25.9 Å². The Bertz CT molecular complexity index is 350. The summed E-state index contributed by atoms with van der Waals surface area (Å²) in [5.74, 6) is 0.551. The van der Waals surface area contributed by atoms with Crippen molar-refractivity contribution in [3.63, 3.8) is 0 Å². The van der Waals surface area contributed by atoms with Crippen LogP contribution in [-0.2, 0) is 9.59 Å². The van der Waals surface area contributed by atoms with Crippen LogP contribution in [0.4, 0.5) is 0 Å². The first kappa shape index (κ1) is 17.9. The SMILES string of the molecule is CC(C)CNC1CCC2(CC1)CNC2=O.NC(=O)CCO. The van der Waals surface area contributed by atoms with Crippen molar-refractivity contribution in [1.82, 2.24) is 10.6 Å². The maximum atomic E-state index is 11.4. The van der Waals surface area contributed by atoms with Gasteiger partial charge in [-0.2, -0.15) is 0 Å². The molecule has 1 saturated carbocycles. The predicted octanol–water partition coefficient (Wildman–Crippen LogP) is 0.145. The van der Waals surface area contributed by atoms with Gasteiger partial charge in [0, 0.05) is 19.0 Å². The lowest BCUT2D eigenvalue weighted by molar-refractivity contribution is -0.142. The minimum Gasteiger partial charge on any atom is -0.396 e. The van der Waals surface area contributed by atoms with Gasteiger partial charge in [0.2, 0.25) is 11.8 Å². The van der Waals surface area contributed by atoms with E-state index in [-0.39, 0.29) is 18.4 Å². The van der Waals surface area contributed by atoms with E-state index in [4.69, 9.17) is 5.11 Å². The fraction of sp³-hybridized carbons (Fsp3) is 0.867. The Morgan fingerprint density at radius 3 is 2.38 bits per heavy atom. The number of primary amides is 1. The third-order valence-electron chi connectivity index (χ3n) is 4.18. The summed E-state index contributed by atoms with van der Waals surface area (Å²) in [6, 6.07) is 0.645. The summed E-state index contributed by atoms with van der Waals surface area (Å²) in [5.41, 5.74) is 4.64. The fourth-order valence-corrected chi connectivity index (χ4v) is 2.70. The molecule has 6 heteroatoms. The highest BCUT2D eigenvalue weighted by atomic mass is 16.3.